The first kappa shape index (κ1) is 17.4. The zero-order valence-electron chi connectivity index (χ0n) is 12.8. The number of thioether (sulfide) groups is 1. The Kier molecular flexibility index (Phi) is 7.08. The van der Waals surface area contributed by atoms with Crippen molar-refractivity contribution in [2.45, 2.75) is 25.2 Å². The van der Waals surface area contributed by atoms with Crippen LogP contribution in [0.2, 0.25) is 0 Å². The summed E-state index contributed by atoms with van der Waals surface area (Å²) in [7, 11) is 1.63. The lowest BCUT2D eigenvalue weighted by atomic mass is 10.2. The topological polar surface area (TPSA) is 75.4 Å². The SMILES string of the molecule is CCCNC(=O)CN(C)C(=O)CSc1ccc(C)cc1N. The molecule has 0 spiro atoms. The number of nitrogens with two attached hydrogens (primary N) is 1. The van der Waals surface area contributed by atoms with Crippen LogP contribution in [0.25, 0.3) is 0 Å². The number of carbonyl (C=O) groups is 2. The summed E-state index contributed by atoms with van der Waals surface area (Å²) in [5, 5.41) is 2.75. The Morgan fingerprint density at radius 1 is 1.38 bits per heavy atom. The highest BCUT2D eigenvalue weighted by atomic mass is 32.2. The third-order valence-corrected chi connectivity index (χ3v) is 3.97. The molecule has 0 radical (unpaired) electrons. The lowest BCUT2D eigenvalue weighted by Gasteiger charge is -2.16. The van der Waals surface area contributed by atoms with Crippen molar-refractivity contribution in [3.63, 3.8) is 0 Å². The van der Waals surface area contributed by atoms with Gasteiger partial charge in [-0.2, -0.15) is 0 Å². The van der Waals surface area contributed by atoms with Crippen LogP contribution in [0.15, 0.2) is 23.1 Å². The van der Waals surface area contributed by atoms with E-state index in [1.54, 1.807) is 7.05 Å². The molecule has 0 saturated carbocycles. The van der Waals surface area contributed by atoms with E-state index in [4.69, 9.17) is 5.73 Å². The molecule has 0 heterocycles. The molecule has 6 heteroatoms. The van der Waals surface area contributed by atoms with Crippen molar-refractivity contribution >= 4 is 29.3 Å². The standard InChI is InChI=1S/C15H23N3O2S/c1-4-7-17-14(19)9-18(3)15(20)10-21-13-6-5-11(2)8-12(13)16/h5-6,8H,4,7,9-10,16H2,1-3H3,(H,17,19). The molecule has 1 aromatic carbocycles. The van der Waals surface area contributed by atoms with Gasteiger partial charge in [-0.05, 0) is 31.0 Å². The second-order valence-electron chi connectivity index (χ2n) is 4.93. The van der Waals surface area contributed by atoms with Crippen molar-refractivity contribution in [2.24, 2.45) is 0 Å². The van der Waals surface area contributed by atoms with E-state index in [1.807, 2.05) is 32.0 Å². The lowest BCUT2D eigenvalue weighted by molar-refractivity contribution is -0.132. The fraction of sp³-hybridized carbons (Fsp3) is 0.467. The summed E-state index contributed by atoms with van der Waals surface area (Å²) in [6, 6.07) is 5.76. The fourth-order valence-corrected chi connectivity index (χ4v) is 2.56. The molecule has 0 saturated heterocycles. The number of nitrogens with one attached hydrogen (secondary N) is 1. The van der Waals surface area contributed by atoms with Crippen LogP contribution in [0.5, 0.6) is 0 Å². The molecular weight excluding hydrogens is 286 g/mol. The van der Waals surface area contributed by atoms with Crippen molar-refractivity contribution in [3.05, 3.63) is 23.8 Å². The van der Waals surface area contributed by atoms with Gasteiger partial charge in [0.1, 0.15) is 0 Å². The van der Waals surface area contributed by atoms with E-state index in [-0.39, 0.29) is 24.1 Å². The maximum absolute atomic E-state index is 12.0. The van der Waals surface area contributed by atoms with Crippen LogP contribution < -0.4 is 11.1 Å². The van der Waals surface area contributed by atoms with Gasteiger partial charge in [0.05, 0.1) is 12.3 Å². The molecule has 1 aromatic rings. The molecule has 0 aliphatic carbocycles. The van der Waals surface area contributed by atoms with Gasteiger partial charge < -0.3 is 16.0 Å². The highest BCUT2D eigenvalue weighted by molar-refractivity contribution is 8.00. The van der Waals surface area contributed by atoms with E-state index in [9.17, 15) is 9.59 Å². The lowest BCUT2D eigenvalue weighted by Crippen LogP contribution is -2.39. The summed E-state index contributed by atoms with van der Waals surface area (Å²) in [6.07, 6.45) is 0.881. The minimum atomic E-state index is -0.132. The number of hydrogen-bond donors (Lipinski definition) is 2. The maximum Gasteiger partial charge on any atom is 0.239 e. The van der Waals surface area contributed by atoms with Crippen molar-refractivity contribution < 1.29 is 9.59 Å². The number of carbonyl (C=O) groups excluding carboxylic acids is 2. The molecule has 5 nitrogen and oxygen atoms in total. The quantitative estimate of drug-likeness (QED) is 0.593. The Balaban J connectivity index is 2.43. The molecule has 116 valence electrons. The second kappa shape index (κ2) is 8.56. The summed E-state index contributed by atoms with van der Waals surface area (Å²) < 4.78 is 0. The average Bonchev–Trinajstić information content (AvgIpc) is 2.43. The largest absolute Gasteiger partial charge is 0.398 e. The number of anilines is 1. The van der Waals surface area contributed by atoms with Gasteiger partial charge in [0.2, 0.25) is 11.8 Å². The molecule has 0 fully saturated rings. The molecule has 0 unspecified atom stereocenters. The van der Waals surface area contributed by atoms with Crippen molar-refractivity contribution in [3.8, 4) is 0 Å². The van der Waals surface area contributed by atoms with Crippen LogP contribution >= 0.6 is 11.8 Å². The van der Waals surface area contributed by atoms with Gasteiger partial charge >= 0.3 is 0 Å². The van der Waals surface area contributed by atoms with E-state index in [0.29, 0.717) is 12.2 Å². The minimum Gasteiger partial charge on any atom is -0.398 e. The van der Waals surface area contributed by atoms with Gasteiger partial charge in [-0.1, -0.05) is 13.0 Å². The summed E-state index contributed by atoms with van der Waals surface area (Å²) >= 11 is 1.39. The fourth-order valence-electron chi connectivity index (χ4n) is 1.67. The maximum atomic E-state index is 12.0. The van der Waals surface area contributed by atoms with Crippen molar-refractivity contribution in [1.29, 1.82) is 0 Å². The number of amides is 2. The number of nitrogens with zero attached hydrogens (tertiary/aromatic N) is 1. The zero-order valence-corrected chi connectivity index (χ0v) is 13.6. The summed E-state index contributed by atoms with van der Waals surface area (Å²) in [5.41, 5.74) is 7.68. The van der Waals surface area contributed by atoms with Gasteiger partial charge in [0.15, 0.2) is 0 Å². The van der Waals surface area contributed by atoms with Crippen LogP contribution in [0.1, 0.15) is 18.9 Å². The molecule has 0 bridgehead atoms. The summed E-state index contributed by atoms with van der Waals surface area (Å²) in [4.78, 5) is 25.9. The molecule has 0 aliphatic rings. The van der Waals surface area contributed by atoms with Crippen molar-refractivity contribution in [1.82, 2.24) is 10.2 Å². The number of nitrogen functional groups attached to an aromatic ring is 1. The highest BCUT2D eigenvalue weighted by Crippen LogP contribution is 2.25. The first-order valence-corrected chi connectivity index (χ1v) is 7.92. The molecule has 2 amide bonds. The van der Waals surface area contributed by atoms with Crippen molar-refractivity contribution in [2.75, 3.05) is 31.6 Å². The molecule has 1 rings (SSSR count). The zero-order chi connectivity index (χ0) is 15.8. The third-order valence-electron chi connectivity index (χ3n) is 2.90. The summed E-state index contributed by atoms with van der Waals surface area (Å²) in [6.45, 7) is 4.68. The smallest absolute Gasteiger partial charge is 0.239 e. The predicted molar refractivity (Wildman–Crippen MR) is 87.3 cm³/mol. The highest BCUT2D eigenvalue weighted by Gasteiger charge is 2.13. The Morgan fingerprint density at radius 2 is 2.10 bits per heavy atom. The minimum absolute atomic E-state index is 0.0861. The molecule has 0 aromatic heterocycles. The van der Waals surface area contributed by atoms with Gasteiger partial charge in [-0.15, -0.1) is 11.8 Å². The Labute approximate surface area is 130 Å². The number of hydrogen-bond acceptors (Lipinski definition) is 4. The van der Waals surface area contributed by atoms with Crippen LogP contribution in [-0.2, 0) is 9.59 Å². The molecule has 3 N–H and O–H groups in total. The van der Waals surface area contributed by atoms with Crippen LogP contribution in [-0.4, -0.2) is 42.6 Å². The first-order chi connectivity index (χ1) is 9.93. The van der Waals surface area contributed by atoms with Gasteiger partial charge in [-0.25, -0.2) is 0 Å². The Bertz CT molecular complexity index is 506. The van der Waals surface area contributed by atoms with Crippen LogP contribution in [0, 0.1) is 6.92 Å². The number of aryl methyl sites for hydroxylation is 1. The van der Waals surface area contributed by atoms with E-state index in [2.05, 4.69) is 5.32 Å². The monoisotopic (exact) mass is 309 g/mol. The number of rotatable bonds is 7. The van der Waals surface area contributed by atoms with E-state index in [1.165, 1.54) is 16.7 Å². The second-order valence-corrected chi connectivity index (χ2v) is 5.95. The van der Waals surface area contributed by atoms with E-state index >= 15 is 0 Å². The van der Waals surface area contributed by atoms with Crippen LogP contribution in [0.4, 0.5) is 5.69 Å². The van der Waals surface area contributed by atoms with Crippen LogP contribution in [0.3, 0.4) is 0 Å². The normalized spacial score (nSPS) is 10.2. The number of benzene rings is 1. The Morgan fingerprint density at radius 3 is 2.71 bits per heavy atom. The van der Waals surface area contributed by atoms with Gasteiger partial charge in [0.25, 0.3) is 0 Å². The molecular formula is C15H23N3O2S. The van der Waals surface area contributed by atoms with E-state index in [0.717, 1.165) is 16.9 Å². The summed E-state index contributed by atoms with van der Waals surface area (Å²) in [5.74, 6) is 0.0457. The van der Waals surface area contributed by atoms with Gasteiger partial charge in [-0.3, -0.25) is 9.59 Å². The van der Waals surface area contributed by atoms with E-state index < -0.39 is 0 Å². The molecule has 0 aliphatic heterocycles. The average molecular weight is 309 g/mol. The number of likely N-dealkylation sites (N-methyl/N-ethyl adjacent to an activating group) is 1. The molecule has 21 heavy (non-hydrogen) atoms. The Hall–Kier alpha value is -1.69. The third kappa shape index (κ3) is 6.08. The van der Waals surface area contributed by atoms with Gasteiger partial charge in [0, 0.05) is 24.2 Å². The predicted octanol–water partition coefficient (Wildman–Crippen LogP) is 1.65. The first-order valence-electron chi connectivity index (χ1n) is 6.93. The molecule has 0 atom stereocenters.